The van der Waals surface area contributed by atoms with Gasteiger partial charge in [-0.2, -0.15) is 11.3 Å². The SMILES string of the molecule is O=C(CCN1C=C(c2ccccc2)NN1)N[C@@H](Cc1ccsc1)B(O)O. The lowest BCUT2D eigenvalue weighted by atomic mass is 9.76. The Morgan fingerprint density at radius 3 is 2.77 bits per heavy atom. The largest absolute Gasteiger partial charge is 0.475 e. The van der Waals surface area contributed by atoms with Crippen LogP contribution in [-0.4, -0.2) is 40.6 Å². The standard InChI is InChI=1S/C17H21BN4O3S/c23-17(19-16(18(24)25)10-13-7-9-26-12-13)6-8-22-11-15(20-21-22)14-4-2-1-3-5-14/h1-5,7,9,11-12,16,20-21,24-25H,6,8,10H2,(H,19,23)/t16-/m0/s1. The minimum Gasteiger partial charge on any atom is -0.426 e. The first kappa shape index (κ1) is 18.5. The molecule has 0 aliphatic carbocycles. The maximum absolute atomic E-state index is 12.2. The fourth-order valence-electron chi connectivity index (χ4n) is 2.63. The quantitative estimate of drug-likeness (QED) is 0.433. The lowest BCUT2D eigenvalue weighted by Gasteiger charge is -2.19. The van der Waals surface area contributed by atoms with E-state index in [0.29, 0.717) is 13.0 Å². The van der Waals surface area contributed by atoms with Crippen LogP contribution in [0.3, 0.4) is 0 Å². The topological polar surface area (TPSA) is 96.9 Å². The second-order valence-electron chi connectivity index (χ2n) is 6.01. The Morgan fingerprint density at radius 1 is 1.27 bits per heavy atom. The molecule has 5 N–H and O–H groups in total. The first-order valence-corrected chi connectivity index (χ1v) is 9.28. The van der Waals surface area contributed by atoms with E-state index in [1.165, 1.54) is 11.3 Å². The van der Waals surface area contributed by atoms with E-state index >= 15 is 0 Å². The molecule has 0 saturated heterocycles. The Morgan fingerprint density at radius 2 is 2.08 bits per heavy atom. The molecule has 3 rings (SSSR count). The molecule has 1 aromatic heterocycles. The average Bonchev–Trinajstić information content (AvgIpc) is 3.32. The van der Waals surface area contributed by atoms with Gasteiger partial charge in [-0.1, -0.05) is 30.3 Å². The highest BCUT2D eigenvalue weighted by Gasteiger charge is 2.26. The molecule has 1 amide bonds. The summed E-state index contributed by atoms with van der Waals surface area (Å²) in [6, 6.07) is 11.8. The number of hydrogen-bond donors (Lipinski definition) is 5. The van der Waals surface area contributed by atoms with E-state index in [2.05, 4.69) is 16.3 Å². The van der Waals surface area contributed by atoms with Crippen LogP contribution in [0.15, 0.2) is 53.4 Å². The van der Waals surface area contributed by atoms with Gasteiger partial charge in [0, 0.05) is 24.7 Å². The molecule has 0 bridgehead atoms. The first-order valence-electron chi connectivity index (χ1n) is 8.34. The van der Waals surface area contributed by atoms with Gasteiger partial charge in [0.25, 0.3) is 0 Å². The van der Waals surface area contributed by atoms with E-state index in [-0.39, 0.29) is 12.3 Å². The molecule has 136 valence electrons. The number of rotatable bonds is 8. The van der Waals surface area contributed by atoms with Gasteiger partial charge in [0.1, 0.15) is 0 Å². The molecular formula is C17H21BN4O3S. The van der Waals surface area contributed by atoms with Crippen LogP contribution in [-0.2, 0) is 11.2 Å². The molecule has 1 atom stereocenters. The van der Waals surface area contributed by atoms with Crippen LogP contribution in [0.1, 0.15) is 17.5 Å². The number of hydrogen-bond acceptors (Lipinski definition) is 7. The number of carbonyl (C=O) groups excluding carboxylic acids is 1. The molecule has 7 nitrogen and oxygen atoms in total. The van der Waals surface area contributed by atoms with Crippen molar-refractivity contribution in [3.63, 3.8) is 0 Å². The zero-order valence-electron chi connectivity index (χ0n) is 14.1. The zero-order chi connectivity index (χ0) is 18.4. The fraction of sp³-hybridized carbons (Fsp3) is 0.235. The fourth-order valence-corrected chi connectivity index (χ4v) is 3.31. The molecule has 0 fully saturated rings. The van der Waals surface area contributed by atoms with Gasteiger partial charge in [0.05, 0.1) is 11.6 Å². The van der Waals surface area contributed by atoms with E-state index in [0.717, 1.165) is 16.8 Å². The summed E-state index contributed by atoms with van der Waals surface area (Å²) in [6.45, 7) is 0.446. The van der Waals surface area contributed by atoms with Gasteiger partial charge in [0.15, 0.2) is 0 Å². The molecule has 2 heterocycles. The summed E-state index contributed by atoms with van der Waals surface area (Å²) in [5.74, 6) is -0.959. The van der Waals surface area contributed by atoms with Crippen molar-refractivity contribution in [1.82, 2.24) is 21.3 Å². The minimum atomic E-state index is -1.60. The smallest absolute Gasteiger partial charge is 0.426 e. The van der Waals surface area contributed by atoms with Crippen molar-refractivity contribution in [1.29, 1.82) is 0 Å². The van der Waals surface area contributed by atoms with Crippen molar-refractivity contribution >= 4 is 30.1 Å². The predicted molar refractivity (Wildman–Crippen MR) is 102 cm³/mol. The van der Waals surface area contributed by atoms with Crippen LogP contribution < -0.4 is 16.3 Å². The van der Waals surface area contributed by atoms with Crippen LogP contribution >= 0.6 is 11.3 Å². The van der Waals surface area contributed by atoms with Gasteiger partial charge < -0.3 is 20.8 Å². The molecule has 1 aliphatic rings. The maximum atomic E-state index is 12.2. The first-order chi connectivity index (χ1) is 12.6. The van der Waals surface area contributed by atoms with Gasteiger partial charge in [-0.3, -0.25) is 9.80 Å². The van der Waals surface area contributed by atoms with Crippen LogP contribution in [0.4, 0.5) is 0 Å². The number of amides is 1. The lowest BCUT2D eigenvalue weighted by Crippen LogP contribution is -2.48. The number of hydrazine groups is 2. The average molecular weight is 372 g/mol. The highest BCUT2D eigenvalue weighted by molar-refractivity contribution is 7.07. The summed E-state index contributed by atoms with van der Waals surface area (Å²) in [6.07, 6.45) is 2.50. The predicted octanol–water partition coefficient (Wildman–Crippen LogP) is 0.501. The van der Waals surface area contributed by atoms with E-state index in [4.69, 9.17) is 0 Å². The molecule has 0 spiro atoms. The third-order valence-corrected chi connectivity index (χ3v) is 4.76. The van der Waals surface area contributed by atoms with Crippen molar-refractivity contribution < 1.29 is 14.8 Å². The van der Waals surface area contributed by atoms with Gasteiger partial charge in [-0.25, -0.2) is 0 Å². The Hall–Kier alpha value is -2.33. The molecule has 1 aromatic carbocycles. The van der Waals surface area contributed by atoms with Crippen LogP contribution in [0, 0.1) is 0 Å². The summed E-state index contributed by atoms with van der Waals surface area (Å²) in [5.41, 5.74) is 8.99. The van der Waals surface area contributed by atoms with Crippen molar-refractivity contribution in [3.05, 3.63) is 64.5 Å². The molecule has 9 heteroatoms. The van der Waals surface area contributed by atoms with Crippen molar-refractivity contribution in [2.45, 2.75) is 18.8 Å². The van der Waals surface area contributed by atoms with Crippen molar-refractivity contribution in [2.75, 3.05) is 6.54 Å². The van der Waals surface area contributed by atoms with Crippen LogP contribution in [0.5, 0.6) is 0 Å². The minimum absolute atomic E-state index is 0.222. The number of thiophene rings is 1. The summed E-state index contributed by atoms with van der Waals surface area (Å²) in [4.78, 5) is 12.2. The number of nitrogens with zero attached hydrogens (tertiary/aromatic N) is 1. The maximum Gasteiger partial charge on any atom is 0.475 e. The van der Waals surface area contributed by atoms with Gasteiger partial charge >= 0.3 is 7.12 Å². The van der Waals surface area contributed by atoms with E-state index in [9.17, 15) is 14.8 Å². The summed E-state index contributed by atoms with van der Waals surface area (Å²) < 4.78 is 0. The summed E-state index contributed by atoms with van der Waals surface area (Å²) in [7, 11) is -1.60. The van der Waals surface area contributed by atoms with Crippen molar-refractivity contribution in [3.8, 4) is 0 Å². The summed E-state index contributed by atoms with van der Waals surface area (Å²) >= 11 is 1.53. The van der Waals surface area contributed by atoms with E-state index < -0.39 is 13.1 Å². The monoisotopic (exact) mass is 372 g/mol. The van der Waals surface area contributed by atoms with Gasteiger partial charge in [0.2, 0.25) is 5.91 Å². The number of carbonyl (C=O) groups is 1. The molecule has 0 unspecified atom stereocenters. The van der Waals surface area contributed by atoms with Crippen LogP contribution in [0.25, 0.3) is 5.70 Å². The number of benzene rings is 1. The lowest BCUT2D eigenvalue weighted by molar-refractivity contribution is -0.121. The summed E-state index contributed by atoms with van der Waals surface area (Å²) in [5, 5.41) is 27.3. The normalized spacial score (nSPS) is 14.5. The zero-order valence-corrected chi connectivity index (χ0v) is 14.9. The van der Waals surface area contributed by atoms with Crippen LogP contribution in [0.2, 0.25) is 0 Å². The number of nitrogens with one attached hydrogen (secondary N) is 3. The second-order valence-corrected chi connectivity index (χ2v) is 6.79. The molecule has 0 saturated carbocycles. The molecular weight excluding hydrogens is 351 g/mol. The van der Waals surface area contributed by atoms with E-state index in [1.807, 2.05) is 53.4 Å². The Kier molecular flexibility index (Phi) is 6.29. The Bertz CT molecular complexity index is 740. The Balaban J connectivity index is 1.48. The van der Waals surface area contributed by atoms with Gasteiger partial charge in [-0.15, -0.1) is 5.53 Å². The second kappa shape index (κ2) is 8.86. The molecule has 0 radical (unpaired) electrons. The van der Waals surface area contributed by atoms with Gasteiger partial charge in [-0.05, 0) is 28.8 Å². The molecule has 2 aromatic rings. The Labute approximate surface area is 156 Å². The van der Waals surface area contributed by atoms with E-state index in [1.54, 1.807) is 5.01 Å². The highest BCUT2D eigenvalue weighted by Crippen LogP contribution is 2.14. The molecule has 26 heavy (non-hydrogen) atoms. The third kappa shape index (κ3) is 5.09. The highest BCUT2D eigenvalue weighted by atomic mass is 32.1. The van der Waals surface area contributed by atoms with Crippen molar-refractivity contribution in [2.24, 2.45) is 0 Å². The third-order valence-electron chi connectivity index (χ3n) is 4.03. The molecule has 1 aliphatic heterocycles.